The standard InChI is InChI=1S/C17H21N5O2/c1-10(2)9-11(18)17-22-21-15(24-17)8-7-14(23)16-19-12-5-3-4-6-13(12)20-16/h3-6,10-11H,7-9,18H2,1-2H3,(H,19,20). The van der Waals surface area contributed by atoms with Gasteiger partial charge in [-0.1, -0.05) is 26.0 Å². The summed E-state index contributed by atoms with van der Waals surface area (Å²) in [6.45, 7) is 4.17. The normalized spacial score (nSPS) is 12.8. The first-order valence-corrected chi connectivity index (χ1v) is 8.08. The van der Waals surface area contributed by atoms with Crippen molar-refractivity contribution in [3.05, 3.63) is 41.9 Å². The molecule has 3 N–H and O–H groups in total. The van der Waals surface area contributed by atoms with E-state index in [0.717, 1.165) is 17.5 Å². The van der Waals surface area contributed by atoms with E-state index < -0.39 is 0 Å². The van der Waals surface area contributed by atoms with Crippen molar-refractivity contribution in [2.24, 2.45) is 11.7 Å². The van der Waals surface area contributed by atoms with Gasteiger partial charge in [-0.15, -0.1) is 10.2 Å². The van der Waals surface area contributed by atoms with Crippen molar-refractivity contribution >= 4 is 16.8 Å². The van der Waals surface area contributed by atoms with Crippen LogP contribution >= 0.6 is 0 Å². The highest BCUT2D eigenvalue weighted by molar-refractivity contribution is 5.95. The van der Waals surface area contributed by atoms with Gasteiger partial charge in [-0.05, 0) is 24.5 Å². The summed E-state index contributed by atoms with van der Waals surface area (Å²) >= 11 is 0. The number of aromatic amines is 1. The summed E-state index contributed by atoms with van der Waals surface area (Å²) in [4.78, 5) is 19.6. The van der Waals surface area contributed by atoms with Gasteiger partial charge in [-0.25, -0.2) is 4.98 Å². The number of Topliss-reactive ketones (excluding diaryl/α,β-unsaturated/α-hetero) is 1. The molecule has 0 bridgehead atoms. The van der Waals surface area contributed by atoms with Crippen molar-refractivity contribution in [2.45, 2.75) is 39.2 Å². The maximum Gasteiger partial charge on any atom is 0.233 e. The van der Waals surface area contributed by atoms with Gasteiger partial charge < -0.3 is 15.1 Å². The van der Waals surface area contributed by atoms with Crippen LogP contribution in [0.4, 0.5) is 0 Å². The van der Waals surface area contributed by atoms with Crippen molar-refractivity contribution in [3.63, 3.8) is 0 Å². The monoisotopic (exact) mass is 327 g/mol. The zero-order chi connectivity index (χ0) is 17.1. The van der Waals surface area contributed by atoms with Crippen LogP contribution in [0.3, 0.4) is 0 Å². The average molecular weight is 327 g/mol. The van der Waals surface area contributed by atoms with Gasteiger partial charge in [0.25, 0.3) is 0 Å². The van der Waals surface area contributed by atoms with E-state index in [2.05, 4.69) is 34.0 Å². The lowest BCUT2D eigenvalue weighted by molar-refractivity contribution is 0.0971. The second-order valence-electron chi connectivity index (χ2n) is 6.30. The molecule has 0 radical (unpaired) electrons. The minimum absolute atomic E-state index is 0.0857. The molecule has 3 rings (SSSR count). The predicted octanol–water partition coefficient (Wildman–Crippen LogP) is 2.81. The topological polar surface area (TPSA) is 111 Å². The molecule has 1 unspecified atom stereocenters. The molecule has 0 amide bonds. The van der Waals surface area contributed by atoms with Crippen molar-refractivity contribution in [2.75, 3.05) is 0 Å². The van der Waals surface area contributed by atoms with E-state index in [4.69, 9.17) is 10.2 Å². The first-order valence-electron chi connectivity index (χ1n) is 8.08. The van der Waals surface area contributed by atoms with Crippen molar-refractivity contribution in [1.82, 2.24) is 20.2 Å². The highest BCUT2D eigenvalue weighted by Crippen LogP contribution is 2.18. The Kier molecular flexibility index (Phi) is 4.71. The zero-order valence-electron chi connectivity index (χ0n) is 13.8. The summed E-state index contributed by atoms with van der Waals surface area (Å²) in [5, 5.41) is 7.95. The molecule has 0 saturated carbocycles. The average Bonchev–Trinajstić information content (AvgIpc) is 3.18. The molecule has 2 heterocycles. The molecular formula is C17H21N5O2. The van der Waals surface area contributed by atoms with Gasteiger partial charge >= 0.3 is 0 Å². The number of benzene rings is 1. The minimum atomic E-state index is -0.266. The highest BCUT2D eigenvalue weighted by atomic mass is 16.4. The number of carbonyl (C=O) groups is 1. The Bertz CT molecular complexity index is 803. The lowest BCUT2D eigenvalue weighted by Gasteiger charge is -2.08. The number of carbonyl (C=O) groups excluding carboxylic acids is 1. The molecule has 7 heteroatoms. The molecule has 0 spiro atoms. The van der Waals surface area contributed by atoms with Crippen molar-refractivity contribution in [1.29, 1.82) is 0 Å². The fourth-order valence-corrected chi connectivity index (χ4v) is 2.55. The number of nitrogens with one attached hydrogen (secondary N) is 1. The second-order valence-corrected chi connectivity index (χ2v) is 6.30. The third-order valence-corrected chi connectivity index (χ3v) is 3.74. The summed E-state index contributed by atoms with van der Waals surface area (Å²) in [5.74, 6) is 1.57. The lowest BCUT2D eigenvalue weighted by Crippen LogP contribution is -2.13. The van der Waals surface area contributed by atoms with Gasteiger partial charge in [-0.3, -0.25) is 4.79 Å². The molecule has 1 atom stereocenters. The molecule has 1 aromatic carbocycles. The van der Waals surface area contributed by atoms with Crippen LogP contribution in [-0.4, -0.2) is 25.9 Å². The number of hydrogen-bond acceptors (Lipinski definition) is 6. The number of nitrogens with zero attached hydrogens (tertiary/aromatic N) is 3. The summed E-state index contributed by atoms with van der Waals surface area (Å²) < 4.78 is 5.56. The number of aryl methyl sites for hydroxylation is 1. The van der Waals surface area contributed by atoms with Crippen LogP contribution in [-0.2, 0) is 6.42 Å². The minimum Gasteiger partial charge on any atom is -0.424 e. The summed E-state index contributed by atoms with van der Waals surface area (Å²) in [6, 6.07) is 7.27. The van der Waals surface area contributed by atoms with Gasteiger partial charge in [-0.2, -0.15) is 0 Å². The Hall–Kier alpha value is -2.54. The molecule has 0 fully saturated rings. The largest absolute Gasteiger partial charge is 0.424 e. The number of aromatic nitrogens is 4. The third kappa shape index (κ3) is 3.68. The van der Waals surface area contributed by atoms with E-state index in [1.165, 1.54) is 0 Å². The van der Waals surface area contributed by atoms with Crippen LogP contribution in [0.1, 0.15) is 55.1 Å². The van der Waals surface area contributed by atoms with Crippen LogP contribution in [0, 0.1) is 5.92 Å². The van der Waals surface area contributed by atoms with Crippen LogP contribution in [0.5, 0.6) is 0 Å². The van der Waals surface area contributed by atoms with Crippen LogP contribution < -0.4 is 5.73 Å². The summed E-state index contributed by atoms with van der Waals surface area (Å²) in [5.41, 5.74) is 7.65. The molecule has 24 heavy (non-hydrogen) atoms. The first kappa shape index (κ1) is 16.3. The number of fused-ring (bicyclic) bond motifs is 1. The quantitative estimate of drug-likeness (QED) is 0.646. The van der Waals surface area contributed by atoms with E-state index in [1.807, 2.05) is 24.3 Å². The lowest BCUT2D eigenvalue weighted by atomic mass is 10.1. The number of ketones is 1. The number of para-hydroxylation sites is 2. The third-order valence-electron chi connectivity index (χ3n) is 3.74. The molecule has 7 nitrogen and oxygen atoms in total. The van der Waals surface area contributed by atoms with Crippen LogP contribution in [0.2, 0.25) is 0 Å². The number of nitrogens with two attached hydrogens (primary N) is 1. The van der Waals surface area contributed by atoms with Crippen molar-refractivity contribution in [3.8, 4) is 0 Å². The molecule has 126 valence electrons. The van der Waals surface area contributed by atoms with Crippen LogP contribution in [0.25, 0.3) is 11.0 Å². The van der Waals surface area contributed by atoms with Crippen LogP contribution in [0.15, 0.2) is 28.7 Å². The van der Waals surface area contributed by atoms with Gasteiger partial charge in [0.1, 0.15) is 0 Å². The smallest absolute Gasteiger partial charge is 0.233 e. The zero-order valence-corrected chi connectivity index (χ0v) is 13.8. The summed E-state index contributed by atoms with van der Waals surface area (Å²) in [7, 11) is 0. The van der Waals surface area contributed by atoms with E-state index in [1.54, 1.807) is 0 Å². The van der Waals surface area contributed by atoms with E-state index in [-0.39, 0.29) is 18.2 Å². The molecule has 0 saturated heterocycles. The molecule has 3 aromatic rings. The summed E-state index contributed by atoms with van der Waals surface area (Å²) in [6.07, 6.45) is 1.40. The maximum atomic E-state index is 12.3. The van der Waals surface area contributed by atoms with Gasteiger partial charge in [0.2, 0.25) is 11.8 Å². The van der Waals surface area contributed by atoms with Crippen molar-refractivity contribution < 1.29 is 9.21 Å². The van der Waals surface area contributed by atoms with Gasteiger partial charge in [0.05, 0.1) is 17.1 Å². The number of imidazole rings is 1. The molecule has 0 aliphatic rings. The Morgan fingerprint density at radius 3 is 2.83 bits per heavy atom. The Balaban J connectivity index is 1.61. The maximum absolute atomic E-state index is 12.3. The predicted molar refractivity (Wildman–Crippen MR) is 89.4 cm³/mol. The number of H-pyrrole nitrogens is 1. The fraction of sp³-hybridized carbons (Fsp3) is 0.412. The Labute approximate surface area is 139 Å². The first-order chi connectivity index (χ1) is 11.5. The molecule has 2 aromatic heterocycles. The molecule has 0 aliphatic heterocycles. The van der Waals surface area contributed by atoms with Gasteiger partial charge in [0, 0.05) is 12.8 Å². The van der Waals surface area contributed by atoms with E-state index >= 15 is 0 Å². The molecular weight excluding hydrogens is 306 g/mol. The van der Waals surface area contributed by atoms with E-state index in [9.17, 15) is 4.79 Å². The fourth-order valence-electron chi connectivity index (χ4n) is 2.55. The van der Waals surface area contributed by atoms with Gasteiger partial charge in [0.15, 0.2) is 11.6 Å². The number of hydrogen-bond donors (Lipinski definition) is 2. The van der Waals surface area contributed by atoms with E-state index in [0.29, 0.717) is 29.9 Å². The SMILES string of the molecule is CC(C)CC(N)c1nnc(CCC(=O)c2nc3ccccc3[nH]2)o1. The Morgan fingerprint density at radius 1 is 1.29 bits per heavy atom. The highest BCUT2D eigenvalue weighted by Gasteiger charge is 2.17. The second kappa shape index (κ2) is 6.92. The molecule has 0 aliphatic carbocycles. The Morgan fingerprint density at radius 2 is 2.08 bits per heavy atom. The number of rotatable bonds is 7.